The zero-order valence-corrected chi connectivity index (χ0v) is 27.5. The molecule has 0 radical (unpaired) electrons. The highest BCUT2D eigenvalue weighted by atomic mass is 16.2. The number of benzene rings is 4. The summed E-state index contributed by atoms with van der Waals surface area (Å²) in [5, 5.41) is 5.13. The van der Waals surface area contributed by atoms with Crippen LogP contribution in [0.1, 0.15) is 60.0 Å². The third kappa shape index (κ3) is 7.13. The number of carbonyl (C=O) groups is 1. The Morgan fingerprint density at radius 1 is 0.870 bits per heavy atom. The van der Waals surface area contributed by atoms with Crippen molar-refractivity contribution in [2.45, 2.75) is 58.9 Å². The lowest BCUT2D eigenvalue weighted by Gasteiger charge is -2.20. The van der Waals surface area contributed by atoms with Gasteiger partial charge in [-0.25, -0.2) is 4.79 Å². The maximum absolute atomic E-state index is 13.1. The summed E-state index contributed by atoms with van der Waals surface area (Å²) >= 11 is 0. The summed E-state index contributed by atoms with van der Waals surface area (Å²) in [6.45, 7) is 9.44. The van der Waals surface area contributed by atoms with E-state index < -0.39 is 0 Å². The molecule has 1 aromatic heterocycles. The van der Waals surface area contributed by atoms with Crippen LogP contribution in [0.3, 0.4) is 0 Å². The van der Waals surface area contributed by atoms with Gasteiger partial charge in [-0.15, -0.1) is 0 Å². The summed E-state index contributed by atoms with van der Waals surface area (Å²) < 4.78 is 0. The fourth-order valence-corrected chi connectivity index (χ4v) is 6.95. The van der Waals surface area contributed by atoms with Crippen molar-refractivity contribution in [3.63, 3.8) is 0 Å². The van der Waals surface area contributed by atoms with Crippen LogP contribution in [0.2, 0.25) is 0 Å². The first kappa shape index (κ1) is 31.4. The molecule has 1 unspecified atom stereocenters. The van der Waals surface area contributed by atoms with Crippen molar-refractivity contribution in [2.24, 2.45) is 0 Å². The second-order valence-corrected chi connectivity index (χ2v) is 12.8. The monoisotopic (exact) mass is 613 g/mol. The molecular formula is C40H47N5O. The number of rotatable bonds is 13. The molecule has 6 nitrogen and oxygen atoms in total. The summed E-state index contributed by atoms with van der Waals surface area (Å²) in [6, 6.07) is 32.7. The van der Waals surface area contributed by atoms with Gasteiger partial charge < -0.3 is 20.9 Å². The Morgan fingerprint density at radius 3 is 2.35 bits per heavy atom. The second-order valence-electron chi connectivity index (χ2n) is 12.8. The standard InChI is InChI=1S/C40H47N5O/c1-4-44-22-23-45(40(44)46)34-18-19-38-36(27-34)35(39(43-38)32-25-28(2)24-29(3)26-32)20-21-42-37(31-11-6-5-7-12-31)13-9-8-10-30-14-16-33(41)17-15-30/h5-7,11-12,14-19,24-27,37,42-43H,4,8-10,13,20-23,41H2,1-3H3. The van der Waals surface area contributed by atoms with E-state index in [9.17, 15) is 4.79 Å². The fourth-order valence-electron chi connectivity index (χ4n) is 6.95. The maximum Gasteiger partial charge on any atom is 0.324 e. The van der Waals surface area contributed by atoms with Crippen LogP contribution in [-0.4, -0.2) is 42.1 Å². The number of hydrogen-bond acceptors (Lipinski definition) is 3. The number of nitrogens with two attached hydrogens (primary N) is 1. The number of carbonyl (C=O) groups excluding carboxylic acids is 1. The van der Waals surface area contributed by atoms with Gasteiger partial charge in [0.2, 0.25) is 0 Å². The van der Waals surface area contributed by atoms with Gasteiger partial charge in [0, 0.05) is 53.6 Å². The van der Waals surface area contributed by atoms with Gasteiger partial charge in [0.15, 0.2) is 0 Å². The number of unbranched alkanes of at least 4 members (excludes halogenated alkanes) is 1. The third-order valence-electron chi connectivity index (χ3n) is 9.34. The average Bonchev–Trinajstić information content (AvgIpc) is 3.62. The van der Waals surface area contributed by atoms with Crippen LogP contribution < -0.4 is 16.0 Å². The van der Waals surface area contributed by atoms with Gasteiger partial charge in [-0.3, -0.25) is 4.90 Å². The average molecular weight is 614 g/mol. The molecule has 0 spiro atoms. The van der Waals surface area contributed by atoms with Gasteiger partial charge in [-0.05, 0) is 118 Å². The number of likely N-dealkylation sites (N-methyl/N-ethyl adjacent to an activating group) is 1. The number of anilines is 2. The van der Waals surface area contributed by atoms with E-state index in [4.69, 9.17) is 5.73 Å². The number of nitrogens with one attached hydrogen (secondary N) is 2. The van der Waals surface area contributed by atoms with Crippen LogP contribution in [0, 0.1) is 13.8 Å². The highest BCUT2D eigenvalue weighted by molar-refractivity contribution is 5.99. The highest BCUT2D eigenvalue weighted by Crippen LogP contribution is 2.35. The summed E-state index contributed by atoms with van der Waals surface area (Å²) in [5.41, 5.74) is 17.6. The van der Waals surface area contributed by atoms with Gasteiger partial charge in [-0.1, -0.05) is 66.1 Å². The van der Waals surface area contributed by atoms with Gasteiger partial charge in [0.1, 0.15) is 0 Å². The smallest absolute Gasteiger partial charge is 0.324 e. The number of nitrogen functional groups attached to an aromatic ring is 1. The Morgan fingerprint density at radius 2 is 1.63 bits per heavy atom. The number of amides is 2. The topological polar surface area (TPSA) is 77.4 Å². The predicted octanol–water partition coefficient (Wildman–Crippen LogP) is 8.58. The summed E-state index contributed by atoms with van der Waals surface area (Å²) in [7, 11) is 0. The Bertz CT molecular complexity index is 1760. The number of H-pyrrole nitrogens is 1. The number of urea groups is 1. The lowest BCUT2D eigenvalue weighted by molar-refractivity contribution is 0.223. The Kier molecular flexibility index (Phi) is 9.74. The Balaban J connectivity index is 1.24. The van der Waals surface area contributed by atoms with E-state index in [1.54, 1.807) is 0 Å². The van der Waals surface area contributed by atoms with Crippen molar-refractivity contribution in [3.05, 3.63) is 119 Å². The number of nitrogens with zero attached hydrogens (tertiary/aromatic N) is 2. The van der Waals surface area contributed by atoms with Crippen LogP contribution in [0.25, 0.3) is 22.2 Å². The SMILES string of the molecule is CCN1CCN(c2ccc3[nH]c(-c4cc(C)cc(C)c4)c(CCNC(CCCCc4ccc(N)cc4)c4ccccc4)c3c2)C1=O. The second kappa shape index (κ2) is 14.3. The number of aryl methyl sites for hydroxylation is 3. The van der Waals surface area contributed by atoms with Crippen LogP contribution in [-0.2, 0) is 12.8 Å². The molecule has 238 valence electrons. The van der Waals surface area contributed by atoms with Gasteiger partial charge in [-0.2, -0.15) is 0 Å². The van der Waals surface area contributed by atoms with Gasteiger partial charge in [0.05, 0.1) is 0 Å². The minimum atomic E-state index is 0.0947. The molecule has 2 heterocycles. The van der Waals surface area contributed by atoms with Crippen molar-refractivity contribution in [1.82, 2.24) is 15.2 Å². The molecule has 4 aromatic carbocycles. The van der Waals surface area contributed by atoms with E-state index in [1.807, 2.05) is 28.9 Å². The molecule has 0 bridgehead atoms. The lowest BCUT2D eigenvalue weighted by atomic mass is 9.97. The molecule has 6 rings (SSSR count). The van der Waals surface area contributed by atoms with E-state index >= 15 is 0 Å². The zero-order chi connectivity index (χ0) is 32.0. The lowest BCUT2D eigenvalue weighted by Crippen LogP contribution is -2.31. The zero-order valence-electron chi connectivity index (χ0n) is 27.5. The molecule has 1 fully saturated rings. The molecule has 1 atom stereocenters. The van der Waals surface area contributed by atoms with E-state index in [2.05, 4.69) is 103 Å². The van der Waals surface area contributed by atoms with Crippen LogP contribution in [0.15, 0.2) is 91.0 Å². The van der Waals surface area contributed by atoms with E-state index in [1.165, 1.54) is 44.5 Å². The molecular weight excluding hydrogens is 566 g/mol. The highest BCUT2D eigenvalue weighted by Gasteiger charge is 2.29. The molecule has 6 heteroatoms. The summed E-state index contributed by atoms with van der Waals surface area (Å²) in [5.74, 6) is 0. The molecule has 4 N–H and O–H groups in total. The molecule has 1 aliphatic rings. The van der Waals surface area contributed by atoms with Crippen molar-refractivity contribution in [2.75, 3.05) is 36.8 Å². The van der Waals surface area contributed by atoms with Crippen LogP contribution in [0.5, 0.6) is 0 Å². The van der Waals surface area contributed by atoms with Crippen molar-refractivity contribution in [3.8, 4) is 11.3 Å². The largest absolute Gasteiger partial charge is 0.399 e. The number of aromatic amines is 1. The van der Waals surface area contributed by atoms with E-state index in [-0.39, 0.29) is 12.1 Å². The molecule has 0 aliphatic carbocycles. The third-order valence-corrected chi connectivity index (χ3v) is 9.34. The van der Waals surface area contributed by atoms with Crippen LogP contribution in [0.4, 0.5) is 16.2 Å². The van der Waals surface area contributed by atoms with Gasteiger partial charge in [0.25, 0.3) is 0 Å². The normalized spacial score (nSPS) is 14.0. The van der Waals surface area contributed by atoms with E-state index in [0.29, 0.717) is 0 Å². The van der Waals surface area contributed by atoms with Crippen molar-refractivity contribution < 1.29 is 4.79 Å². The van der Waals surface area contributed by atoms with Crippen molar-refractivity contribution >= 4 is 28.3 Å². The van der Waals surface area contributed by atoms with Crippen molar-refractivity contribution in [1.29, 1.82) is 0 Å². The first-order valence-electron chi connectivity index (χ1n) is 16.8. The Labute approximate surface area is 273 Å². The molecule has 1 aliphatic heterocycles. The first-order chi connectivity index (χ1) is 22.4. The van der Waals surface area contributed by atoms with Crippen LogP contribution >= 0.6 is 0 Å². The predicted molar refractivity (Wildman–Crippen MR) is 192 cm³/mol. The molecule has 1 saturated heterocycles. The number of aromatic nitrogens is 1. The minimum absolute atomic E-state index is 0.0947. The quantitative estimate of drug-likeness (QED) is 0.0920. The molecule has 46 heavy (non-hydrogen) atoms. The Hall–Kier alpha value is -4.55. The molecule has 0 saturated carbocycles. The number of hydrogen-bond donors (Lipinski definition) is 3. The fraction of sp³-hybridized carbons (Fsp3) is 0.325. The molecule has 5 aromatic rings. The summed E-state index contributed by atoms with van der Waals surface area (Å²) in [6.07, 6.45) is 5.29. The summed E-state index contributed by atoms with van der Waals surface area (Å²) in [4.78, 5) is 20.7. The molecule has 2 amide bonds. The van der Waals surface area contributed by atoms with E-state index in [0.717, 1.165) is 75.2 Å². The van der Waals surface area contributed by atoms with Gasteiger partial charge >= 0.3 is 6.03 Å². The maximum atomic E-state index is 13.1. The minimum Gasteiger partial charge on any atom is -0.399 e. The first-order valence-corrected chi connectivity index (χ1v) is 16.8. The number of fused-ring (bicyclic) bond motifs is 1.